The fourth-order valence-electron chi connectivity index (χ4n) is 2.61. The van der Waals surface area contributed by atoms with E-state index in [9.17, 15) is 13.6 Å². The summed E-state index contributed by atoms with van der Waals surface area (Å²) < 4.78 is 31.9. The SMILES string of the molecule is Cc1cc(C(F)F)nn1C(C)C(=O)NCCCN1CCOCC1. The van der Waals surface area contributed by atoms with Crippen LogP contribution in [0.3, 0.4) is 0 Å². The Morgan fingerprint density at radius 1 is 1.43 bits per heavy atom. The number of aromatic nitrogens is 2. The summed E-state index contributed by atoms with van der Waals surface area (Å²) in [6.45, 7) is 8.16. The van der Waals surface area contributed by atoms with Gasteiger partial charge in [-0.25, -0.2) is 8.78 Å². The number of aryl methyl sites for hydroxylation is 1. The number of ether oxygens (including phenoxy) is 1. The molecule has 6 nitrogen and oxygen atoms in total. The van der Waals surface area contributed by atoms with E-state index in [1.54, 1.807) is 13.8 Å². The van der Waals surface area contributed by atoms with Crippen LogP contribution in [0.2, 0.25) is 0 Å². The number of carbonyl (C=O) groups is 1. The van der Waals surface area contributed by atoms with Crippen molar-refractivity contribution in [2.75, 3.05) is 39.4 Å². The van der Waals surface area contributed by atoms with Crippen molar-refractivity contribution in [2.24, 2.45) is 0 Å². The van der Waals surface area contributed by atoms with E-state index in [1.165, 1.54) is 10.7 Å². The molecule has 0 aliphatic carbocycles. The molecule has 1 fully saturated rings. The largest absolute Gasteiger partial charge is 0.379 e. The quantitative estimate of drug-likeness (QED) is 0.770. The summed E-state index contributed by atoms with van der Waals surface area (Å²) in [7, 11) is 0. The molecule has 2 heterocycles. The number of alkyl halides is 2. The molecule has 130 valence electrons. The minimum atomic E-state index is -2.63. The van der Waals surface area contributed by atoms with Gasteiger partial charge in [-0.2, -0.15) is 5.10 Å². The molecule has 1 aliphatic heterocycles. The second-order valence-electron chi connectivity index (χ2n) is 5.73. The summed E-state index contributed by atoms with van der Waals surface area (Å²) in [5.41, 5.74) is 0.255. The fraction of sp³-hybridized carbons (Fsp3) is 0.733. The zero-order valence-corrected chi connectivity index (χ0v) is 13.6. The van der Waals surface area contributed by atoms with Crippen molar-refractivity contribution in [3.8, 4) is 0 Å². The van der Waals surface area contributed by atoms with E-state index in [-0.39, 0.29) is 11.6 Å². The van der Waals surface area contributed by atoms with Crippen LogP contribution < -0.4 is 5.32 Å². The van der Waals surface area contributed by atoms with Crippen molar-refractivity contribution in [2.45, 2.75) is 32.7 Å². The van der Waals surface area contributed by atoms with Gasteiger partial charge in [0.15, 0.2) is 0 Å². The highest BCUT2D eigenvalue weighted by Crippen LogP contribution is 2.20. The Balaban J connectivity index is 1.76. The van der Waals surface area contributed by atoms with Crippen LogP contribution in [0, 0.1) is 6.92 Å². The monoisotopic (exact) mass is 330 g/mol. The van der Waals surface area contributed by atoms with Crippen LogP contribution in [0.5, 0.6) is 0 Å². The minimum Gasteiger partial charge on any atom is -0.379 e. The van der Waals surface area contributed by atoms with E-state index in [1.807, 2.05) is 0 Å². The average Bonchev–Trinajstić information content (AvgIpc) is 2.94. The lowest BCUT2D eigenvalue weighted by atomic mass is 10.3. The van der Waals surface area contributed by atoms with Gasteiger partial charge in [0, 0.05) is 25.3 Å². The van der Waals surface area contributed by atoms with Crippen molar-refractivity contribution < 1.29 is 18.3 Å². The highest BCUT2D eigenvalue weighted by molar-refractivity contribution is 5.79. The van der Waals surface area contributed by atoms with E-state index in [0.29, 0.717) is 12.2 Å². The predicted octanol–water partition coefficient (Wildman–Crippen LogP) is 1.53. The number of halogens is 2. The molecule has 1 atom stereocenters. The Bertz CT molecular complexity index is 516. The number of morpholine rings is 1. The highest BCUT2D eigenvalue weighted by Gasteiger charge is 2.21. The molecule has 0 aromatic carbocycles. The molecule has 8 heteroatoms. The summed E-state index contributed by atoms with van der Waals surface area (Å²) >= 11 is 0. The molecule has 1 N–H and O–H groups in total. The topological polar surface area (TPSA) is 59.4 Å². The number of rotatable bonds is 7. The maximum absolute atomic E-state index is 12.7. The second-order valence-corrected chi connectivity index (χ2v) is 5.73. The smallest absolute Gasteiger partial charge is 0.282 e. The van der Waals surface area contributed by atoms with Crippen molar-refractivity contribution in [1.29, 1.82) is 0 Å². The van der Waals surface area contributed by atoms with Crippen LogP contribution >= 0.6 is 0 Å². The molecule has 1 aromatic rings. The third-order valence-electron chi connectivity index (χ3n) is 3.97. The van der Waals surface area contributed by atoms with Crippen molar-refractivity contribution in [3.63, 3.8) is 0 Å². The molecular weight excluding hydrogens is 306 g/mol. The summed E-state index contributed by atoms with van der Waals surface area (Å²) in [5.74, 6) is -0.209. The molecule has 1 saturated heterocycles. The first kappa shape index (κ1) is 17.8. The molecule has 1 unspecified atom stereocenters. The van der Waals surface area contributed by atoms with Crippen LogP contribution in [0.1, 0.15) is 37.2 Å². The normalized spacial score (nSPS) is 17.4. The molecule has 1 aromatic heterocycles. The minimum absolute atomic E-state index is 0.209. The summed E-state index contributed by atoms with van der Waals surface area (Å²) in [5, 5.41) is 6.66. The molecule has 2 rings (SSSR count). The molecule has 0 radical (unpaired) electrons. The van der Waals surface area contributed by atoms with Crippen molar-refractivity contribution in [1.82, 2.24) is 20.0 Å². The lowest BCUT2D eigenvalue weighted by Gasteiger charge is -2.26. The van der Waals surface area contributed by atoms with Crippen LogP contribution in [0.15, 0.2) is 6.07 Å². The standard InChI is InChI=1S/C15H24F2N4O2/c1-11-10-13(14(16)17)19-21(11)12(2)15(22)18-4-3-5-20-6-8-23-9-7-20/h10,12,14H,3-9H2,1-2H3,(H,18,22). The van der Waals surface area contributed by atoms with Crippen LogP contribution in [-0.2, 0) is 9.53 Å². The van der Waals surface area contributed by atoms with Gasteiger partial charge in [-0.1, -0.05) is 0 Å². The molecule has 1 amide bonds. The molecular formula is C15H24F2N4O2. The molecule has 0 spiro atoms. The third-order valence-corrected chi connectivity index (χ3v) is 3.97. The molecule has 0 saturated carbocycles. The van der Waals surface area contributed by atoms with Gasteiger partial charge in [0.25, 0.3) is 6.43 Å². The predicted molar refractivity (Wildman–Crippen MR) is 81.5 cm³/mol. The number of hydrogen-bond acceptors (Lipinski definition) is 4. The van der Waals surface area contributed by atoms with E-state index < -0.39 is 12.5 Å². The third kappa shape index (κ3) is 4.97. The van der Waals surface area contributed by atoms with Gasteiger partial charge in [0.1, 0.15) is 11.7 Å². The molecule has 0 bridgehead atoms. The van der Waals surface area contributed by atoms with Crippen LogP contribution in [-0.4, -0.2) is 60.0 Å². The maximum Gasteiger partial charge on any atom is 0.282 e. The van der Waals surface area contributed by atoms with E-state index in [0.717, 1.165) is 39.3 Å². The number of carbonyl (C=O) groups excluding carboxylic acids is 1. The summed E-state index contributed by atoms with van der Waals surface area (Å²) in [6.07, 6.45) is -1.78. The lowest BCUT2D eigenvalue weighted by Crippen LogP contribution is -2.39. The summed E-state index contributed by atoms with van der Waals surface area (Å²) in [6, 6.07) is 0.707. The first-order chi connectivity index (χ1) is 11.0. The first-order valence-electron chi connectivity index (χ1n) is 7.91. The zero-order chi connectivity index (χ0) is 16.8. The van der Waals surface area contributed by atoms with E-state index >= 15 is 0 Å². The van der Waals surface area contributed by atoms with Gasteiger partial charge in [0.05, 0.1) is 13.2 Å². The molecule has 1 aliphatic rings. The van der Waals surface area contributed by atoms with Gasteiger partial charge < -0.3 is 10.1 Å². The Labute approximate surface area is 134 Å². The van der Waals surface area contributed by atoms with Gasteiger partial charge in [0.2, 0.25) is 5.91 Å². The number of nitrogens with one attached hydrogen (secondary N) is 1. The number of nitrogens with zero attached hydrogens (tertiary/aromatic N) is 3. The fourth-order valence-corrected chi connectivity index (χ4v) is 2.61. The zero-order valence-electron chi connectivity index (χ0n) is 13.6. The van der Waals surface area contributed by atoms with E-state index in [4.69, 9.17) is 4.74 Å². The summed E-state index contributed by atoms with van der Waals surface area (Å²) in [4.78, 5) is 14.4. The van der Waals surface area contributed by atoms with Gasteiger partial charge in [-0.15, -0.1) is 0 Å². The lowest BCUT2D eigenvalue weighted by molar-refractivity contribution is -0.124. The Morgan fingerprint density at radius 2 is 2.13 bits per heavy atom. The Hall–Kier alpha value is -1.54. The van der Waals surface area contributed by atoms with Crippen LogP contribution in [0.4, 0.5) is 8.78 Å². The average molecular weight is 330 g/mol. The van der Waals surface area contributed by atoms with Gasteiger partial charge in [-0.05, 0) is 32.9 Å². The Kier molecular flexibility index (Phi) is 6.47. The van der Waals surface area contributed by atoms with Gasteiger partial charge in [-0.3, -0.25) is 14.4 Å². The van der Waals surface area contributed by atoms with Crippen molar-refractivity contribution >= 4 is 5.91 Å². The highest BCUT2D eigenvalue weighted by atomic mass is 19.3. The maximum atomic E-state index is 12.7. The Morgan fingerprint density at radius 3 is 2.74 bits per heavy atom. The van der Waals surface area contributed by atoms with Gasteiger partial charge >= 0.3 is 0 Å². The number of hydrogen-bond donors (Lipinski definition) is 1. The second kappa shape index (κ2) is 8.35. The first-order valence-corrected chi connectivity index (χ1v) is 7.91. The molecule has 23 heavy (non-hydrogen) atoms. The van der Waals surface area contributed by atoms with Crippen molar-refractivity contribution in [3.05, 3.63) is 17.5 Å². The van der Waals surface area contributed by atoms with Crippen LogP contribution in [0.25, 0.3) is 0 Å². The van der Waals surface area contributed by atoms with E-state index in [2.05, 4.69) is 15.3 Å². The number of amides is 1.